The molecule has 0 spiro atoms. The average molecular weight is 518 g/mol. The molecular formula is C24H19ClF3N5O3. The van der Waals surface area contributed by atoms with Gasteiger partial charge in [0.25, 0.3) is 0 Å². The number of pyridine rings is 2. The molecule has 2 amide bonds. The van der Waals surface area contributed by atoms with Gasteiger partial charge >= 0.3 is 6.18 Å². The maximum atomic E-state index is 13.1. The molecule has 0 radical (unpaired) electrons. The molecule has 0 unspecified atom stereocenters. The van der Waals surface area contributed by atoms with Crippen LogP contribution in [0.5, 0.6) is 5.75 Å². The lowest BCUT2D eigenvalue weighted by atomic mass is 10.1. The van der Waals surface area contributed by atoms with E-state index >= 15 is 0 Å². The Morgan fingerprint density at radius 1 is 1.17 bits per heavy atom. The van der Waals surface area contributed by atoms with E-state index in [1.165, 1.54) is 49.4 Å². The molecule has 1 aromatic carbocycles. The molecule has 186 valence electrons. The fourth-order valence-corrected chi connectivity index (χ4v) is 4.03. The Morgan fingerprint density at radius 2 is 1.94 bits per heavy atom. The van der Waals surface area contributed by atoms with Gasteiger partial charge in [0.15, 0.2) is 5.75 Å². The molecule has 3 aromatic heterocycles. The molecule has 0 atom stereocenters. The van der Waals surface area contributed by atoms with E-state index in [1.807, 2.05) is 0 Å². The zero-order valence-corrected chi connectivity index (χ0v) is 19.8. The van der Waals surface area contributed by atoms with Crippen LogP contribution < -0.4 is 15.0 Å². The zero-order chi connectivity index (χ0) is 26.0. The molecule has 1 N–H and O–H groups in total. The van der Waals surface area contributed by atoms with Crippen LogP contribution in [0.3, 0.4) is 0 Å². The second-order valence-corrected chi connectivity index (χ2v) is 8.03. The van der Waals surface area contributed by atoms with Gasteiger partial charge in [-0.25, -0.2) is 9.50 Å². The van der Waals surface area contributed by atoms with Crippen LogP contribution in [0.25, 0.3) is 5.52 Å². The van der Waals surface area contributed by atoms with Gasteiger partial charge in [0.05, 0.1) is 36.0 Å². The topological polar surface area (TPSA) is 88.8 Å². The zero-order valence-electron chi connectivity index (χ0n) is 19.0. The lowest BCUT2D eigenvalue weighted by molar-refractivity contribution is -0.137. The van der Waals surface area contributed by atoms with Gasteiger partial charge in [0.1, 0.15) is 11.3 Å². The number of hydrogen-bond donors (Lipinski definition) is 1. The quantitative estimate of drug-likeness (QED) is 0.376. The number of anilines is 3. The lowest BCUT2D eigenvalue weighted by Crippen LogP contribution is -2.25. The largest absolute Gasteiger partial charge is 0.492 e. The van der Waals surface area contributed by atoms with Crippen molar-refractivity contribution in [2.45, 2.75) is 19.5 Å². The van der Waals surface area contributed by atoms with Crippen LogP contribution in [-0.2, 0) is 22.2 Å². The number of alkyl halides is 3. The number of nitrogens with zero attached hydrogens (tertiary/aromatic N) is 4. The molecule has 12 heteroatoms. The summed E-state index contributed by atoms with van der Waals surface area (Å²) >= 11 is 5.90. The van der Waals surface area contributed by atoms with E-state index in [0.29, 0.717) is 17.0 Å². The van der Waals surface area contributed by atoms with Crippen LogP contribution in [0.4, 0.5) is 30.4 Å². The van der Waals surface area contributed by atoms with Crippen molar-refractivity contribution in [3.05, 3.63) is 77.2 Å². The minimum absolute atomic E-state index is 0.0301. The van der Waals surface area contributed by atoms with Gasteiger partial charge in [-0.3, -0.25) is 14.5 Å². The van der Waals surface area contributed by atoms with Crippen molar-refractivity contribution in [1.29, 1.82) is 0 Å². The van der Waals surface area contributed by atoms with Crippen LogP contribution in [0.2, 0.25) is 5.02 Å². The summed E-state index contributed by atoms with van der Waals surface area (Å²) < 4.78 is 46.5. The highest BCUT2D eigenvalue weighted by atomic mass is 35.5. The summed E-state index contributed by atoms with van der Waals surface area (Å²) in [6.45, 7) is 1.35. The van der Waals surface area contributed by atoms with Gasteiger partial charge in [-0.1, -0.05) is 23.7 Å². The van der Waals surface area contributed by atoms with E-state index in [1.54, 1.807) is 29.0 Å². The molecule has 4 aromatic rings. The number of carbonyl (C=O) groups excluding carboxylic acids is 2. The Labute approximate surface area is 208 Å². The van der Waals surface area contributed by atoms with Gasteiger partial charge in [-0.05, 0) is 29.8 Å². The van der Waals surface area contributed by atoms with E-state index in [-0.39, 0.29) is 29.4 Å². The lowest BCUT2D eigenvalue weighted by Gasteiger charge is -2.23. The van der Waals surface area contributed by atoms with Crippen molar-refractivity contribution >= 4 is 46.1 Å². The molecule has 8 nitrogen and oxygen atoms in total. The van der Waals surface area contributed by atoms with Gasteiger partial charge < -0.3 is 10.1 Å². The molecule has 0 saturated heterocycles. The first kappa shape index (κ1) is 25.0. The number of methoxy groups -OCH3 is 1. The first-order valence-corrected chi connectivity index (χ1v) is 10.9. The van der Waals surface area contributed by atoms with E-state index in [4.69, 9.17) is 16.3 Å². The summed E-state index contributed by atoms with van der Waals surface area (Å²) in [4.78, 5) is 30.8. The van der Waals surface area contributed by atoms with Crippen molar-refractivity contribution in [3.63, 3.8) is 0 Å². The number of halogens is 4. The Morgan fingerprint density at radius 3 is 2.64 bits per heavy atom. The highest BCUT2D eigenvalue weighted by Gasteiger charge is 2.34. The van der Waals surface area contributed by atoms with Crippen LogP contribution in [0, 0.1) is 0 Å². The molecular weight excluding hydrogens is 499 g/mol. The van der Waals surface area contributed by atoms with E-state index in [2.05, 4.69) is 15.4 Å². The van der Waals surface area contributed by atoms with Gasteiger partial charge in [0, 0.05) is 31.1 Å². The second-order valence-electron chi connectivity index (χ2n) is 7.65. The first-order valence-electron chi connectivity index (χ1n) is 10.5. The molecule has 0 aliphatic heterocycles. The van der Waals surface area contributed by atoms with Crippen LogP contribution in [0.15, 0.2) is 61.1 Å². The Kier molecular flexibility index (Phi) is 6.84. The average Bonchev–Trinajstić information content (AvgIpc) is 3.28. The number of fused-ring (bicyclic) bond motifs is 1. The predicted octanol–water partition coefficient (Wildman–Crippen LogP) is 5.28. The fourth-order valence-electron chi connectivity index (χ4n) is 3.73. The Balaban J connectivity index is 1.61. The van der Waals surface area contributed by atoms with Crippen molar-refractivity contribution in [3.8, 4) is 5.75 Å². The molecule has 0 bridgehead atoms. The number of amides is 2. The minimum Gasteiger partial charge on any atom is -0.492 e. The smallest absolute Gasteiger partial charge is 0.417 e. The van der Waals surface area contributed by atoms with Gasteiger partial charge in [0.2, 0.25) is 11.8 Å². The summed E-state index contributed by atoms with van der Waals surface area (Å²) in [7, 11) is 1.47. The summed E-state index contributed by atoms with van der Waals surface area (Å²) in [5.74, 6) is -0.384. The maximum absolute atomic E-state index is 13.1. The molecule has 3 heterocycles. The number of ether oxygens (including phenoxy) is 1. The summed E-state index contributed by atoms with van der Waals surface area (Å²) in [5, 5.41) is 6.24. The van der Waals surface area contributed by atoms with Crippen molar-refractivity contribution < 1.29 is 27.5 Å². The number of nitrogens with one attached hydrogen (secondary N) is 1. The molecule has 0 fully saturated rings. The Bertz CT molecular complexity index is 1450. The summed E-state index contributed by atoms with van der Waals surface area (Å²) in [6, 6.07) is 9.72. The first-order chi connectivity index (χ1) is 17.1. The van der Waals surface area contributed by atoms with Crippen molar-refractivity contribution in [1.82, 2.24) is 14.6 Å². The number of benzene rings is 1. The van der Waals surface area contributed by atoms with E-state index < -0.39 is 22.7 Å². The third-order valence-electron chi connectivity index (χ3n) is 5.26. The van der Waals surface area contributed by atoms with Crippen LogP contribution in [0.1, 0.15) is 18.1 Å². The van der Waals surface area contributed by atoms with Crippen molar-refractivity contribution in [2.24, 2.45) is 0 Å². The Hall–Kier alpha value is -4.12. The molecule has 0 aliphatic rings. The second kappa shape index (κ2) is 9.86. The molecule has 36 heavy (non-hydrogen) atoms. The third kappa shape index (κ3) is 4.96. The number of rotatable bonds is 6. The minimum atomic E-state index is -4.64. The standard InChI is InChI=1S/C24H19ClF3N5O3/c1-14(34)33(19-8-11-32-18(7-10-30-32)23(19)36-2)20-13-16(6-9-29-20)31-21(35)12-15-4-3-5-17(22(15)25)24(26,27)28/h3-11,13H,12H2,1-2H3,(H,29,31,35). The normalized spacial score (nSPS) is 11.4. The van der Waals surface area contributed by atoms with E-state index in [0.717, 1.165) is 6.07 Å². The summed E-state index contributed by atoms with van der Waals surface area (Å²) in [5.41, 5.74) is 0.335. The third-order valence-corrected chi connectivity index (χ3v) is 5.71. The SMILES string of the molecule is COc1c(N(C(C)=O)c2cc(NC(=O)Cc3cccc(C(F)(F)F)c3Cl)ccn2)ccn2nccc12. The predicted molar refractivity (Wildman–Crippen MR) is 128 cm³/mol. The highest BCUT2D eigenvalue weighted by molar-refractivity contribution is 6.32. The fraction of sp³-hybridized carbons (Fsp3) is 0.167. The molecule has 0 aliphatic carbocycles. The van der Waals surface area contributed by atoms with Crippen LogP contribution in [-0.4, -0.2) is 33.5 Å². The maximum Gasteiger partial charge on any atom is 0.417 e. The van der Waals surface area contributed by atoms with Crippen LogP contribution >= 0.6 is 11.6 Å². The monoisotopic (exact) mass is 517 g/mol. The highest BCUT2D eigenvalue weighted by Crippen LogP contribution is 2.38. The number of aromatic nitrogens is 3. The summed E-state index contributed by atoms with van der Waals surface area (Å²) in [6.07, 6.45) is -0.385. The van der Waals surface area contributed by atoms with Gasteiger partial charge in [-0.2, -0.15) is 18.3 Å². The number of carbonyl (C=O) groups is 2. The molecule has 0 saturated carbocycles. The molecule has 4 rings (SSSR count). The number of hydrogen-bond acceptors (Lipinski definition) is 5. The van der Waals surface area contributed by atoms with E-state index in [9.17, 15) is 22.8 Å². The van der Waals surface area contributed by atoms with Crippen molar-refractivity contribution in [2.75, 3.05) is 17.3 Å². The van der Waals surface area contributed by atoms with Gasteiger partial charge in [-0.15, -0.1) is 0 Å².